The average molecular weight is 403 g/mol. The molecule has 0 aliphatic heterocycles. The Morgan fingerprint density at radius 1 is 1.21 bits per heavy atom. The maximum atomic E-state index is 12.2. The van der Waals surface area contributed by atoms with E-state index in [1.807, 2.05) is 0 Å². The molecule has 0 aliphatic carbocycles. The Labute approximate surface area is 164 Å². The van der Waals surface area contributed by atoms with Gasteiger partial charge in [0.2, 0.25) is 5.89 Å². The number of benzene rings is 2. The minimum absolute atomic E-state index is 0.0507. The lowest BCUT2D eigenvalue weighted by Gasteiger charge is -2.13. The summed E-state index contributed by atoms with van der Waals surface area (Å²) in [5, 5.41) is 19.5. The molecule has 10 heteroatoms. The lowest BCUT2D eigenvalue weighted by Crippen LogP contribution is -2.12. The van der Waals surface area contributed by atoms with E-state index in [1.165, 1.54) is 18.2 Å². The van der Waals surface area contributed by atoms with Gasteiger partial charge in [-0.1, -0.05) is 11.6 Å². The van der Waals surface area contributed by atoms with Crippen LogP contribution < -0.4 is 4.90 Å². The summed E-state index contributed by atoms with van der Waals surface area (Å²) >= 11 is 5.84. The van der Waals surface area contributed by atoms with E-state index in [2.05, 4.69) is 10.2 Å². The molecule has 9 nitrogen and oxygen atoms in total. The molecule has 0 radical (unpaired) electrons. The minimum atomic E-state index is -0.736. The molecule has 0 saturated carbocycles. The summed E-state index contributed by atoms with van der Waals surface area (Å²) in [5.41, 5.74) is 0.910. The molecule has 28 heavy (non-hydrogen) atoms. The summed E-state index contributed by atoms with van der Waals surface area (Å²) in [6.45, 7) is -0.261. The Bertz CT molecular complexity index is 1020. The molecule has 0 N–H and O–H groups in total. The zero-order valence-electron chi connectivity index (χ0n) is 15.0. The van der Waals surface area contributed by atoms with Gasteiger partial charge in [0.1, 0.15) is 5.69 Å². The molecule has 0 amide bonds. The number of ether oxygens (including phenoxy) is 1. The van der Waals surface area contributed by atoms with Crippen molar-refractivity contribution in [3.8, 4) is 11.5 Å². The SMILES string of the molecule is CN(C)c1ccc(C(=O)OCc2nnc(-c3ccc(Cl)cc3)o2)cc1[N+](=O)[O-]. The number of aromatic nitrogens is 2. The van der Waals surface area contributed by atoms with Crippen molar-refractivity contribution < 1.29 is 18.9 Å². The molecule has 3 aromatic rings. The predicted molar refractivity (Wildman–Crippen MR) is 101 cm³/mol. The third-order valence-electron chi connectivity index (χ3n) is 3.77. The van der Waals surface area contributed by atoms with E-state index in [1.54, 1.807) is 43.3 Å². The van der Waals surface area contributed by atoms with Crippen LogP contribution in [0.5, 0.6) is 0 Å². The summed E-state index contributed by atoms with van der Waals surface area (Å²) in [6, 6.07) is 10.9. The van der Waals surface area contributed by atoms with Gasteiger partial charge in [-0.25, -0.2) is 4.79 Å². The summed E-state index contributed by atoms with van der Waals surface area (Å²) in [4.78, 5) is 24.5. The molecule has 3 rings (SSSR count). The van der Waals surface area contributed by atoms with E-state index in [9.17, 15) is 14.9 Å². The van der Waals surface area contributed by atoms with Crippen LogP contribution in [0.4, 0.5) is 11.4 Å². The van der Waals surface area contributed by atoms with Crippen molar-refractivity contribution in [3.63, 3.8) is 0 Å². The van der Waals surface area contributed by atoms with E-state index >= 15 is 0 Å². The quantitative estimate of drug-likeness (QED) is 0.348. The Balaban J connectivity index is 1.70. The molecule has 0 unspecified atom stereocenters. The highest BCUT2D eigenvalue weighted by Gasteiger charge is 2.20. The van der Waals surface area contributed by atoms with Crippen LogP contribution in [0.15, 0.2) is 46.9 Å². The zero-order valence-corrected chi connectivity index (χ0v) is 15.7. The number of carbonyl (C=O) groups is 1. The van der Waals surface area contributed by atoms with Crippen LogP contribution in [0.2, 0.25) is 5.02 Å². The molecule has 0 fully saturated rings. The number of anilines is 1. The van der Waals surface area contributed by atoms with Gasteiger partial charge < -0.3 is 14.1 Å². The van der Waals surface area contributed by atoms with Gasteiger partial charge in [-0.3, -0.25) is 10.1 Å². The van der Waals surface area contributed by atoms with Crippen molar-refractivity contribution in [2.45, 2.75) is 6.61 Å². The van der Waals surface area contributed by atoms with Crippen LogP contribution in [0.25, 0.3) is 11.5 Å². The Morgan fingerprint density at radius 3 is 2.57 bits per heavy atom. The second kappa shape index (κ2) is 8.05. The number of carbonyl (C=O) groups excluding carboxylic acids is 1. The fourth-order valence-corrected chi connectivity index (χ4v) is 2.53. The first-order valence-electron chi connectivity index (χ1n) is 8.06. The maximum Gasteiger partial charge on any atom is 0.338 e. The highest BCUT2D eigenvalue weighted by atomic mass is 35.5. The molecule has 1 heterocycles. The zero-order chi connectivity index (χ0) is 20.3. The molecule has 2 aromatic carbocycles. The van der Waals surface area contributed by atoms with Crippen LogP contribution in [0, 0.1) is 10.1 Å². The number of hydrogen-bond acceptors (Lipinski definition) is 8. The third kappa shape index (κ3) is 4.26. The van der Waals surface area contributed by atoms with Crippen LogP contribution in [0.3, 0.4) is 0 Å². The van der Waals surface area contributed by atoms with Gasteiger partial charge in [-0.05, 0) is 36.4 Å². The van der Waals surface area contributed by atoms with Crippen molar-refractivity contribution in [3.05, 3.63) is 69.1 Å². The van der Waals surface area contributed by atoms with Gasteiger partial charge in [0, 0.05) is 30.7 Å². The second-order valence-corrected chi connectivity index (χ2v) is 6.38. The van der Waals surface area contributed by atoms with Crippen LogP contribution >= 0.6 is 11.6 Å². The summed E-state index contributed by atoms with van der Waals surface area (Å²) < 4.78 is 10.6. The number of halogens is 1. The van der Waals surface area contributed by atoms with E-state index in [0.717, 1.165) is 0 Å². The molecule has 144 valence electrons. The molecule has 0 aliphatic rings. The summed E-state index contributed by atoms with van der Waals surface area (Å²) in [7, 11) is 3.35. The number of nitro groups is 1. The van der Waals surface area contributed by atoms with Crippen molar-refractivity contribution >= 4 is 28.9 Å². The number of nitrogens with zero attached hydrogens (tertiary/aromatic N) is 4. The highest BCUT2D eigenvalue weighted by molar-refractivity contribution is 6.30. The summed E-state index contributed by atoms with van der Waals surface area (Å²) in [5.74, 6) is -0.383. The van der Waals surface area contributed by atoms with Crippen molar-refractivity contribution in [2.24, 2.45) is 0 Å². The van der Waals surface area contributed by atoms with Gasteiger partial charge in [0.05, 0.1) is 10.5 Å². The standard InChI is InChI=1S/C18H15ClN4O5/c1-22(2)14-8-5-12(9-15(14)23(25)26)18(24)27-10-16-20-21-17(28-16)11-3-6-13(19)7-4-11/h3-9H,10H2,1-2H3. The molecule has 1 aromatic heterocycles. The van der Waals surface area contributed by atoms with E-state index in [-0.39, 0.29) is 29.6 Å². The van der Waals surface area contributed by atoms with Gasteiger partial charge in [0.25, 0.3) is 11.6 Å². The first-order valence-corrected chi connectivity index (χ1v) is 8.44. The number of rotatable bonds is 6. The van der Waals surface area contributed by atoms with Crippen molar-refractivity contribution in [1.29, 1.82) is 0 Å². The van der Waals surface area contributed by atoms with Gasteiger partial charge in [-0.15, -0.1) is 10.2 Å². The Morgan fingerprint density at radius 2 is 1.93 bits per heavy atom. The smallest absolute Gasteiger partial charge is 0.338 e. The first-order chi connectivity index (χ1) is 13.3. The Hall–Kier alpha value is -3.46. The number of esters is 1. The predicted octanol–water partition coefficient (Wildman–Crippen LogP) is 3.72. The fraction of sp³-hybridized carbons (Fsp3) is 0.167. The Kier molecular flexibility index (Phi) is 5.55. The van der Waals surface area contributed by atoms with E-state index in [4.69, 9.17) is 20.8 Å². The molecule has 0 bridgehead atoms. The third-order valence-corrected chi connectivity index (χ3v) is 4.03. The minimum Gasteiger partial charge on any atom is -0.452 e. The molecular weight excluding hydrogens is 388 g/mol. The monoisotopic (exact) mass is 402 g/mol. The van der Waals surface area contributed by atoms with Crippen LogP contribution in [-0.2, 0) is 11.3 Å². The van der Waals surface area contributed by atoms with Crippen LogP contribution in [0.1, 0.15) is 16.2 Å². The molecule has 0 atom stereocenters. The molecule has 0 spiro atoms. The van der Waals surface area contributed by atoms with Gasteiger partial charge >= 0.3 is 5.97 Å². The van der Waals surface area contributed by atoms with Gasteiger partial charge in [-0.2, -0.15) is 0 Å². The van der Waals surface area contributed by atoms with E-state index < -0.39 is 10.9 Å². The van der Waals surface area contributed by atoms with Crippen LogP contribution in [-0.4, -0.2) is 35.2 Å². The lowest BCUT2D eigenvalue weighted by atomic mass is 10.1. The highest BCUT2D eigenvalue weighted by Crippen LogP contribution is 2.28. The number of hydrogen-bond donors (Lipinski definition) is 0. The normalized spacial score (nSPS) is 10.5. The fourth-order valence-electron chi connectivity index (χ4n) is 2.41. The number of nitro benzene ring substituents is 1. The maximum absolute atomic E-state index is 12.2. The van der Waals surface area contributed by atoms with Crippen molar-refractivity contribution in [1.82, 2.24) is 10.2 Å². The summed E-state index contributed by atoms with van der Waals surface area (Å²) in [6.07, 6.45) is 0. The second-order valence-electron chi connectivity index (χ2n) is 5.94. The average Bonchev–Trinajstić information content (AvgIpc) is 3.15. The first kappa shape index (κ1) is 19.3. The lowest BCUT2D eigenvalue weighted by molar-refractivity contribution is -0.384. The van der Waals surface area contributed by atoms with E-state index in [0.29, 0.717) is 16.3 Å². The molecular formula is C18H15ClN4O5. The molecule has 0 saturated heterocycles. The largest absolute Gasteiger partial charge is 0.452 e. The van der Waals surface area contributed by atoms with Crippen molar-refractivity contribution in [2.75, 3.05) is 19.0 Å². The van der Waals surface area contributed by atoms with Gasteiger partial charge in [0.15, 0.2) is 6.61 Å². The topological polar surface area (TPSA) is 112 Å².